The SMILES string of the molecule is CCOC(=O)c1[nH]c(C)c(C(=O)C(C)N(CCCOC)C(=O)c2ccccc2)c1C. The molecule has 1 heterocycles. The molecule has 162 valence electrons. The number of benzene rings is 1. The Morgan fingerprint density at radius 1 is 1.13 bits per heavy atom. The molecule has 2 aromatic rings. The molecule has 30 heavy (non-hydrogen) atoms. The number of hydrogen-bond donors (Lipinski definition) is 1. The van der Waals surface area contributed by atoms with E-state index in [0.717, 1.165) is 0 Å². The third kappa shape index (κ3) is 5.16. The first-order valence-corrected chi connectivity index (χ1v) is 10.1. The quantitative estimate of drug-likeness (QED) is 0.365. The van der Waals surface area contributed by atoms with Crippen LogP contribution in [0.15, 0.2) is 30.3 Å². The zero-order valence-corrected chi connectivity index (χ0v) is 18.3. The fraction of sp³-hybridized carbons (Fsp3) is 0.435. The summed E-state index contributed by atoms with van der Waals surface area (Å²) in [5.74, 6) is -0.940. The van der Waals surface area contributed by atoms with Crippen molar-refractivity contribution in [3.8, 4) is 0 Å². The smallest absolute Gasteiger partial charge is 0.355 e. The summed E-state index contributed by atoms with van der Waals surface area (Å²) in [7, 11) is 1.60. The third-order valence-corrected chi connectivity index (χ3v) is 5.04. The molecule has 1 unspecified atom stereocenters. The number of Topliss-reactive ketones (excluding diaryl/α,β-unsaturated/α-hetero) is 1. The van der Waals surface area contributed by atoms with Gasteiger partial charge in [-0.05, 0) is 51.8 Å². The topological polar surface area (TPSA) is 88.7 Å². The Balaban J connectivity index is 2.35. The van der Waals surface area contributed by atoms with Gasteiger partial charge in [-0.25, -0.2) is 4.79 Å². The molecule has 0 spiro atoms. The van der Waals surface area contributed by atoms with E-state index in [1.54, 1.807) is 64.0 Å². The molecule has 0 fully saturated rings. The lowest BCUT2D eigenvalue weighted by molar-refractivity contribution is 0.0518. The van der Waals surface area contributed by atoms with Crippen LogP contribution in [0.2, 0.25) is 0 Å². The number of esters is 1. The van der Waals surface area contributed by atoms with Crippen LogP contribution in [0.4, 0.5) is 0 Å². The lowest BCUT2D eigenvalue weighted by Gasteiger charge is -2.29. The van der Waals surface area contributed by atoms with Crippen molar-refractivity contribution in [3.63, 3.8) is 0 Å². The van der Waals surface area contributed by atoms with Crippen LogP contribution in [0, 0.1) is 13.8 Å². The number of methoxy groups -OCH3 is 1. The lowest BCUT2D eigenvalue weighted by atomic mass is 9.99. The van der Waals surface area contributed by atoms with Crippen LogP contribution < -0.4 is 0 Å². The van der Waals surface area contributed by atoms with Crippen LogP contribution >= 0.6 is 0 Å². The number of carbonyl (C=O) groups is 3. The third-order valence-electron chi connectivity index (χ3n) is 5.04. The van der Waals surface area contributed by atoms with Crippen LogP contribution in [-0.2, 0) is 9.47 Å². The zero-order chi connectivity index (χ0) is 22.3. The number of aromatic nitrogens is 1. The van der Waals surface area contributed by atoms with Crippen molar-refractivity contribution in [1.29, 1.82) is 0 Å². The Kier molecular flexibility index (Phi) is 8.35. The second kappa shape index (κ2) is 10.7. The Morgan fingerprint density at radius 3 is 2.40 bits per heavy atom. The molecular weight excluding hydrogens is 384 g/mol. The molecule has 1 aromatic carbocycles. The van der Waals surface area contributed by atoms with E-state index in [1.165, 1.54) is 0 Å². The Hall–Kier alpha value is -2.93. The number of ether oxygens (including phenoxy) is 2. The van der Waals surface area contributed by atoms with Crippen molar-refractivity contribution in [2.24, 2.45) is 0 Å². The molecule has 7 heteroatoms. The second-order valence-corrected chi connectivity index (χ2v) is 7.10. The molecule has 1 atom stereocenters. The number of nitrogens with one attached hydrogen (secondary N) is 1. The van der Waals surface area contributed by atoms with E-state index >= 15 is 0 Å². The average molecular weight is 415 g/mol. The molecule has 0 radical (unpaired) electrons. The van der Waals surface area contributed by atoms with E-state index in [0.29, 0.717) is 42.0 Å². The van der Waals surface area contributed by atoms with Crippen LogP contribution in [0.1, 0.15) is 62.7 Å². The highest BCUT2D eigenvalue weighted by Crippen LogP contribution is 2.23. The predicted octanol–water partition coefficient (Wildman–Crippen LogP) is 3.56. The van der Waals surface area contributed by atoms with Crippen molar-refractivity contribution in [1.82, 2.24) is 9.88 Å². The molecule has 0 aliphatic rings. The van der Waals surface area contributed by atoms with Gasteiger partial charge in [0.1, 0.15) is 5.69 Å². The summed E-state index contributed by atoms with van der Waals surface area (Å²) in [6, 6.07) is 8.17. The highest BCUT2D eigenvalue weighted by molar-refractivity contribution is 6.07. The van der Waals surface area contributed by atoms with Crippen LogP contribution in [0.5, 0.6) is 0 Å². The number of aromatic amines is 1. The average Bonchev–Trinajstić information content (AvgIpc) is 3.04. The number of rotatable bonds is 10. The monoisotopic (exact) mass is 414 g/mol. The Bertz CT molecular complexity index is 888. The maximum Gasteiger partial charge on any atom is 0.355 e. The molecule has 2 rings (SSSR count). The molecule has 1 N–H and O–H groups in total. The molecule has 0 saturated heterocycles. The minimum atomic E-state index is -0.710. The van der Waals surface area contributed by atoms with Gasteiger partial charge in [-0.1, -0.05) is 18.2 Å². The van der Waals surface area contributed by atoms with E-state index in [9.17, 15) is 14.4 Å². The molecule has 0 bridgehead atoms. The summed E-state index contributed by atoms with van der Waals surface area (Å²) in [6.07, 6.45) is 0.603. The molecule has 1 amide bonds. The largest absolute Gasteiger partial charge is 0.461 e. The highest BCUT2D eigenvalue weighted by atomic mass is 16.5. The first-order valence-electron chi connectivity index (χ1n) is 10.1. The van der Waals surface area contributed by atoms with E-state index in [-0.39, 0.29) is 24.0 Å². The van der Waals surface area contributed by atoms with Gasteiger partial charge in [0.15, 0.2) is 5.78 Å². The van der Waals surface area contributed by atoms with Gasteiger partial charge < -0.3 is 19.4 Å². The van der Waals surface area contributed by atoms with Gasteiger partial charge in [0, 0.05) is 37.1 Å². The standard InChI is InChI=1S/C23H30N2O5/c1-6-30-23(28)20-15(2)19(16(3)24-20)21(26)17(4)25(13-10-14-29-5)22(27)18-11-8-7-9-12-18/h7-9,11-12,17,24H,6,10,13-14H2,1-5H3. The van der Waals surface area contributed by atoms with Gasteiger partial charge in [-0.3, -0.25) is 9.59 Å². The summed E-state index contributed by atoms with van der Waals surface area (Å²) in [4.78, 5) is 43.2. The first kappa shape index (κ1) is 23.3. The number of aryl methyl sites for hydroxylation is 1. The van der Waals surface area contributed by atoms with Crippen molar-refractivity contribution in [3.05, 3.63) is 58.4 Å². The number of hydrogen-bond acceptors (Lipinski definition) is 5. The Morgan fingerprint density at radius 2 is 1.80 bits per heavy atom. The van der Waals surface area contributed by atoms with Gasteiger partial charge in [0.2, 0.25) is 0 Å². The zero-order valence-electron chi connectivity index (χ0n) is 18.3. The van der Waals surface area contributed by atoms with Crippen LogP contribution in [0.25, 0.3) is 0 Å². The summed E-state index contributed by atoms with van der Waals surface area (Å²) in [5, 5.41) is 0. The van der Waals surface area contributed by atoms with E-state index < -0.39 is 12.0 Å². The fourth-order valence-corrected chi connectivity index (χ4v) is 3.47. The van der Waals surface area contributed by atoms with Gasteiger partial charge >= 0.3 is 5.97 Å². The normalized spacial score (nSPS) is 11.8. The fourth-order valence-electron chi connectivity index (χ4n) is 3.47. The summed E-state index contributed by atoms with van der Waals surface area (Å²) < 4.78 is 10.2. The maximum absolute atomic E-state index is 13.4. The summed E-state index contributed by atoms with van der Waals surface area (Å²) in [5.41, 5.74) is 2.32. The molecule has 0 aliphatic carbocycles. The number of ketones is 1. The van der Waals surface area contributed by atoms with Crippen molar-refractivity contribution in [2.75, 3.05) is 26.9 Å². The second-order valence-electron chi connectivity index (χ2n) is 7.10. The van der Waals surface area contributed by atoms with Crippen molar-refractivity contribution in [2.45, 2.75) is 40.2 Å². The van der Waals surface area contributed by atoms with Gasteiger partial charge in [-0.15, -0.1) is 0 Å². The number of carbonyl (C=O) groups excluding carboxylic acids is 3. The van der Waals surface area contributed by atoms with E-state index in [1.807, 2.05) is 6.07 Å². The van der Waals surface area contributed by atoms with Gasteiger partial charge in [-0.2, -0.15) is 0 Å². The lowest BCUT2D eigenvalue weighted by Crippen LogP contribution is -2.44. The van der Waals surface area contributed by atoms with Crippen LogP contribution in [0.3, 0.4) is 0 Å². The van der Waals surface area contributed by atoms with E-state index in [4.69, 9.17) is 9.47 Å². The van der Waals surface area contributed by atoms with Crippen molar-refractivity contribution < 1.29 is 23.9 Å². The predicted molar refractivity (Wildman–Crippen MR) is 114 cm³/mol. The summed E-state index contributed by atoms with van der Waals surface area (Å²) >= 11 is 0. The van der Waals surface area contributed by atoms with Gasteiger partial charge in [0.25, 0.3) is 5.91 Å². The van der Waals surface area contributed by atoms with E-state index in [2.05, 4.69) is 4.98 Å². The minimum absolute atomic E-state index is 0.219. The maximum atomic E-state index is 13.4. The first-order chi connectivity index (χ1) is 14.3. The number of H-pyrrole nitrogens is 1. The number of nitrogens with zero attached hydrogens (tertiary/aromatic N) is 1. The highest BCUT2D eigenvalue weighted by Gasteiger charge is 2.31. The van der Waals surface area contributed by atoms with Crippen LogP contribution in [-0.4, -0.2) is 60.5 Å². The molecule has 1 aromatic heterocycles. The molecule has 0 aliphatic heterocycles. The number of amides is 1. The molecular formula is C23H30N2O5. The van der Waals surface area contributed by atoms with Gasteiger partial charge in [0.05, 0.1) is 12.6 Å². The Labute approximate surface area is 177 Å². The minimum Gasteiger partial charge on any atom is -0.461 e. The molecule has 7 nitrogen and oxygen atoms in total. The van der Waals surface area contributed by atoms with Crippen molar-refractivity contribution >= 4 is 17.7 Å². The molecule has 0 saturated carbocycles. The summed E-state index contributed by atoms with van der Waals surface area (Å²) in [6.45, 7) is 8.00.